The zero-order valence-electron chi connectivity index (χ0n) is 19.0. The van der Waals surface area contributed by atoms with Crippen molar-refractivity contribution in [1.82, 2.24) is 4.90 Å². The fraction of sp³-hybridized carbons (Fsp3) is 0.636. The molecule has 2 heterocycles. The van der Waals surface area contributed by atoms with Crippen molar-refractivity contribution in [2.75, 3.05) is 31.1 Å². The van der Waals surface area contributed by atoms with E-state index in [9.17, 15) is 18.7 Å². The zero-order valence-corrected chi connectivity index (χ0v) is 20.0. The summed E-state index contributed by atoms with van der Waals surface area (Å²) in [5.41, 5.74) is 6.71. The van der Waals surface area contributed by atoms with Gasteiger partial charge >= 0.3 is 6.09 Å². The third-order valence-electron chi connectivity index (χ3n) is 5.32. The minimum absolute atomic E-state index is 0. The third kappa shape index (κ3) is 8.22. The largest absolute Gasteiger partial charge is 0.447 e. The standard InChI is InChI=1S/C13H17F2N3.C9H17NO3.H2S/c1-8(16)10-6-12(15)13(7-11(10)14)18-4-2-9(17)3-5-18;1-7(2)13-9(12)10-5-3-8(11)4-6-10;/h6-8,17H,2-5,16H2,1H3;7-8,11H,3-6H2,1-2H3;1H2/t8-;;/m1../s1. The average Bonchev–Trinajstić information content (AvgIpc) is 2.70. The van der Waals surface area contributed by atoms with Crippen LogP contribution in [0.3, 0.4) is 0 Å². The molecular weight excluding hydrogens is 438 g/mol. The zero-order chi connectivity index (χ0) is 23.1. The van der Waals surface area contributed by atoms with E-state index in [-0.39, 0.29) is 43.0 Å². The number of carbonyl (C=O) groups is 1. The van der Waals surface area contributed by atoms with Crippen LogP contribution in [0.5, 0.6) is 0 Å². The quantitative estimate of drug-likeness (QED) is 0.620. The highest BCUT2D eigenvalue weighted by Crippen LogP contribution is 2.27. The van der Waals surface area contributed by atoms with Crippen LogP contribution < -0.4 is 10.6 Å². The second-order valence-corrected chi connectivity index (χ2v) is 8.36. The molecule has 0 bridgehead atoms. The van der Waals surface area contributed by atoms with Crippen molar-refractivity contribution in [2.45, 2.75) is 64.7 Å². The van der Waals surface area contributed by atoms with Gasteiger partial charge in [-0.05, 0) is 39.7 Å². The average molecular weight is 475 g/mol. The number of aliphatic hydroxyl groups is 1. The highest BCUT2D eigenvalue weighted by molar-refractivity contribution is 7.59. The van der Waals surface area contributed by atoms with E-state index < -0.39 is 17.7 Å². The summed E-state index contributed by atoms with van der Waals surface area (Å²) in [7, 11) is 0. The number of amides is 1. The lowest BCUT2D eigenvalue weighted by Crippen LogP contribution is -2.41. The molecule has 0 aliphatic carbocycles. The molecule has 3 rings (SSSR count). The number of carbonyl (C=O) groups excluding carboxylic acids is 1. The van der Waals surface area contributed by atoms with Crippen molar-refractivity contribution in [1.29, 1.82) is 5.41 Å². The van der Waals surface area contributed by atoms with Crippen LogP contribution in [0.25, 0.3) is 0 Å². The Kier molecular flexibility index (Phi) is 11.4. The number of hydrogen-bond donors (Lipinski definition) is 3. The lowest BCUT2D eigenvalue weighted by atomic mass is 10.0. The van der Waals surface area contributed by atoms with Gasteiger partial charge < -0.3 is 30.8 Å². The van der Waals surface area contributed by atoms with Crippen LogP contribution in [0.2, 0.25) is 0 Å². The molecule has 0 saturated carbocycles. The molecule has 0 unspecified atom stereocenters. The summed E-state index contributed by atoms with van der Waals surface area (Å²) in [4.78, 5) is 14.8. The molecule has 1 amide bonds. The summed E-state index contributed by atoms with van der Waals surface area (Å²) in [6.45, 7) is 7.62. The first-order valence-electron chi connectivity index (χ1n) is 10.8. The number of nitrogens with one attached hydrogen (secondary N) is 1. The van der Waals surface area contributed by atoms with Crippen LogP contribution in [-0.2, 0) is 4.74 Å². The third-order valence-corrected chi connectivity index (χ3v) is 5.32. The second kappa shape index (κ2) is 13.0. The summed E-state index contributed by atoms with van der Waals surface area (Å²) in [5.74, 6) is -0.917. The Hall–Kier alpha value is -1.91. The van der Waals surface area contributed by atoms with E-state index in [1.807, 2.05) is 13.8 Å². The summed E-state index contributed by atoms with van der Waals surface area (Å²) in [6, 6.07) is 1.86. The van der Waals surface area contributed by atoms with Crippen LogP contribution in [0.1, 0.15) is 58.1 Å². The Bertz CT molecular complexity index is 762. The molecule has 0 radical (unpaired) electrons. The number of likely N-dealkylation sites (tertiary alicyclic amines) is 1. The first-order valence-corrected chi connectivity index (χ1v) is 10.8. The predicted octanol–water partition coefficient (Wildman–Crippen LogP) is 3.71. The van der Waals surface area contributed by atoms with Crippen molar-refractivity contribution >= 4 is 31.0 Å². The number of benzene rings is 1. The van der Waals surface area contributed by atoms with Crippen molar-refractivity contribution in [3.63, 3.8) is 0 Å². The Morgan fingerprint density at radius 3 is 2.19 bits per heavy atom. The van der Waals surface area contributed by atoms with E-state index in [2.05, 4.69) is 0 Å². The lowest BCUT2D eigenvalue weighted by molar-refractivity contribution is 0.0457. The number of anilines is 1. The van der Waals surface area contributed by atoms with E-state index in [1.165, 1.54) is 12.1 Å². The maximum Gasteiger partial charge on any atom is 0.410 e. The summed E-state index contributed by atoms with van der Waals surface area (Å²) in [5, 5.41) is 16.7. The van der Waals surface area contributed by atoms with Gasteiger partial charge in [-0.15, -0.1) is 0 Å². The van der Waals surface area contributed by atoms with E-state index in [0.717, 1.165) is 0 Å². The van der Waals surface area contributed by atoms with Gasteiger partial charge in [-0.1, -0.05) is 0 Å². The molecule has 4 N–H and O–H groups in total. The molecule has 2 aliphatic rings. The van der Waals surface area contributed by atoms with Gasteiger partial charge in [0.1, 0.15) is 11.6 Å². The van der Waals surface area contributed by atoms with Gasteiger partial charge in [-0.25, -0.2) is 13.6 Å². The van der Waals surface area contributed by atoms with Crippen molar-refractivity contribution < 1.29 is 23.4 Å². The predicted molar refractivity (Wildman–Crippen MR) is 127 cm³/mol. The Morgan fingerprint density at radius 1 is 1.12 bits per heavy atom. The molecule has 1 aromatic carbocycles. The fourth-order valence-corrected chi connectivity index (χ4v) is 3.49. The number of hydrogen-bond acceptors (Lipinski definition) is 6. The van der Waals surface area contributed by atoms with Gasteiger partial charge in [0.15, 0.2) is 0 Å². The number of aliphatic hydroxyl groups excluding tert-OH is 1. The Morgan fingerprint density at radius 2 is 1.69 bits per heavy atom. The lowest BCUT2D eigenvalue weighted by Gasteiger charge is -2.30. The molecule has 0 aromatic heterocycles. The molecule has 7 nitrogen and oxygen atoms in total. The van der Waals surface area contributed by atoms with Crippen LogP contribution in [-0.4, -0.2) is 60.2 Å². The van der Waals surface area contributed by atoms with Gasteiger partial charge in [-0.3, -0.25) is 0 Å². The maximum absolute atomic E-state index is 14.0. The minimum atomic E-state index is -0.525. The second-order valence-electron chi connectivity index (χ2n) is 8.36. The molecule has 0 spiro atoms. The molecule has 2 fully saturated rings. The summed E-state index contributed by atoms with van der Waals surface area (Å²) < 4.78 is 32.8. The van der Waals surface area contributed by atoms with Crippen LogP contribution >= 0.6 is 13.5 Å². The van der Waals surface area contributed by atoms with Crippen molar-refractivity contribution in [3.8, 4) is 0 Å². The minimum Gasteiger partial charge on any atom is -0.447 e. The SMILES string of the molecule is CC(C)OC(=O)N1CCC(O)CC1.C[C@@H](N)c1cc(F)c(N2CCC(=N)CC2)cc1F.S. The molecule has 32 heavy (non-hydrogen) atoms. The first-order chi connectivity index (χ1) is 14.6. The van der Waals surface area contributed by atoms with Gasteiger partial charge in [-0.2, -0.15) is 13.5 Å². The van der Waals surface area contributed by atoms with Gasteiger partial charge in [0.25, 0.3) is 0 Å². The van der Waals surface area contributed by atoms with Crippen LogP contribution in [0.4, 0.5) is 19.3 Å². The van der Waals surface area contributed by atoms with E-state index in [1.54, 1.807) is 16.7 Å². The number of ether oxygens (including phenoxy) is 1. The van der Waals surface area contributed by atoms with Gasteiger partial charge in [0, 0.05) is 62.4 Å². The molecule has 2 saturated heterocycles. The van der Waals surface area contributed by atoms with Crippen LogP contribution in [0, 0.1) is 17.0 Å². The van der Waals surface area contributed by atoms with Gasteiger partial charge in [0.05, 0.1) is 17.9 Å². The van der Waals surface area contributed by atoms with E-state index >= 15 is 0 Å². The first kappa shape index (κ1) is 28.1. The molecule has 10 heteroatoms. The number of nitrogens with zero attached hydrogens (tertiary/aromatic N) is 2. The summed E-state index contributed by atoms with van der Waals surface area (Å²) >= 11 is 0. The molecular formula is C22H36F2N4O3S. The normalized spacial score (nSPS) is 17.9. The highest BCUT2D eigenvalue weighted by Gasteiger charge is 2.23. The topological polar surface area (TPSA) is 103 Å². The molecule has 2 aliphatic heterocycles. The number of halogens is 2. The highest BCUT2D eigenvalue weighted by atomic mass is 32.1. The maximum atomic E-state index is 14.0. The van der Waals surface area contributed by atoms with Crippen molar-refractivity contribution in [2.24, 2.45) is 5.73 Å². The monoisotopic (exact) mass is 474 g/mol. The molecule has 1 aromatic rings. The molecule has 1 atom stereocenters. The van der Waals surface area contributed by atoms with Crippen molar-refractivity contribution in [3.05, 3.63) is 29.3 Å². The van der Waals surface area contributed by atoms with E-state index in [0.29, 0.717) is 57.6 Å². The number of nitrogens with two attached hydrogens (primary N) is 1. The molecule has 182 valence electrons. The van der Waals surface area contributed by atoms with Gasteiger partial charge in [0.2, 0.25) is 0 Å². The fourth-order valence-electron chi connectivity index (χ4n) is 3.49. The number of rotatable bonds is 3. The summed E-state index contributed by atoms with van der Waals surface area (Å²) in [6.07, 6.45) is 1.96. The smallest absolute Gasteiger partial charge is 0.410 e. The van der Waals surface area contributed by atoms with Crippen LogP contribution in [0.15, 0.2) is 12.1 Å². The van der Waals surface area contributed by atoms with E-state index in [4.69, 9.17) is 15.9 Å². The Balaban J connectivity index is 0.000000327. The number of piperidine rings is 2. The Labute approximate surface area is 195 Å².